The summed E-state index contributed by atoms with van der Waals surface area (Å²) in [6.45, 7) is 3.05. The third kappa shape index (κ3) is 6.47. The van der Waals surface area contributed by atoms with Crippen LogP contribution in [0.1, 0.15) is 23.6 Å². The maximum absolute atomic E-state index is 12.4. The van der Waals surface area contributed by atoms with E-state index in [1.54, 1.807) is 11.8 Å². The first-order valence-electron chi connectivity index (χ1n) is 11.0. The molecule has 0 aliphatic heterocycles. The molecule has 0 spiro atoms. The number of hydrogen-bond donors (Lipinski definition) is 0. The molecule has 0 aliphatic rings. The van der Waals surface area contributed by atoms with Crippen LogP contribution in [0.3, 0.4) is 0 Å². The Labute approximate surface area is 195 Å². The summed E-state index contributed by atoms with van der Waals surface area (Å²) in [6, 6.07) is 35.6. The Morgan fingerprint density at radius 2 is 1.21 bits per heavy atom. The van der Waals surface area contributed by atoms with E-state index in [0.29, 0.717) is 19.8 Å². The smallest absolute Gasteiger partial charge is 0.224 e. The lowest BCUT2D eigenvalue weighted by Gasteiger charge is -2.22. The van der Waals surface area contributed by atoms with E-state index in [9.17, 15) is 4.79 Å². The first-order valence-corrected chi connectivity index (χ1v) is 11.0. The normalized spacial score (nSPS) is 10.5. The van der Waals surface area contributed by atoms with Crippen molar-refractivity contribution in [2.24, 2.45) is 0 Å². The van der Waals surface area contributed by atoms with Crippen LogP contribution in [-0.4, -0.2) is 5.91 Å². The van der Waals surface area contributed by atoms with Gasteiger partial charge in [0.25, 0.3) is 0 Å². The summed E-state index contributed by atoms with van der Waals surface area (Å²) >= 11 is 0. The van der Waals surface area contributed by atoms with E-state index in [1.807, 2.05) is 109 Å². The molecule has 33 heavy (non-hydrogen) atoms. The molecule has 0 saturated carbocycles. The van der Waals surface area contributed by atoms with Gasteiger partial charge in [0.05, 0.1) is 6.54 Å². The minimum Gasteiger partial charge on any atom is -0.489 e. The number of carbonyl (C=O) groups excluding carboxylic acids is 1. The summed E-state index contributed by atoms with van der Waals surface area (Å²) in [5.74, 6) is 1.50. The quantitative estimate of drug-likeness (QED) is 0.304. The van der Waals surface area contributed by atoms with Gasteiger partial charge >= 0.3 is 0 Å². The molecule has 0 bridgehead atoms. The topological polar surface area (TPSA) is 38.8 Å². The zero-order valence-corrected chi connectivity index (χ0v) is 18.7. The van der Waals surface area contributed by atoms with E-state index in [4.69, 9.17) is 9.47 Å². The standard InChI is InChI=1S/C29H27NO3/c1-23(31)30(27-13-8-14-29(19-27)33-22-26-11-6-3-7-12-26)20-24-15-17-28(18-16-24)32-21-25-9-4-2-5-10-25/h2-19H,20-22H2,1H3. The van der Waals surface area contributed by atoms with E-state index in [1.165, 1.54) is 0 Å². The third-order valence-electron chi connectivity index (χ3n) is 5.27. The van der Waals surface area contributed by atoms with Gasteiger partial charge in [-0.3, -0.25) is 4.79 Å². The summed E-state index contributed by atoms with van der Waals surface area (Å²) in [5, 5.41) is 0. The number of carbonyl (C=O) groups is 1. The molecule has 0 aliphatic carbocycles. The number of nitrogens with zero attached hydrogens (tertiary/aromatic N) is 1. The van der Waals surface area contributed by atoms with Crippen molar-refractivity contribution in [1.82, 2.24) is 0 Å². The van der Waals surface area contributed by atoms with Crippen LogP contribution in [0.5, 0.6) is 11.5 Å². The van der Waals surface area contributed by atoms with Gasteiger partial charge in [-0.15, -0.1) is 0 Å². The number of benzene rings is 4. The molecular weight excluding hydrogens is 410 g/mol. The highest BCUT2D eigenvalue weighted by atomic mass is 16.5. The molecule has 0 N–H and O–H groups in total. The fourth-order valence-electron chi connectivity index (χ4n) is 3.48. The highest BCUT2D eigenvalue weighted by molar-refractivity contribution is 5.91. The van der Waals surface area contributed by atoms with Gasteiger partial charge in [-0.25, -0.2) is 0 Å². The lowest BCUT2D eigenvalue weighted by atomic mass is 10.1. The Balaban J connectivity index is 1.39. The summed E-state index contributed by atoms with van der Waals surface area (Å²) < 4.78 is 11.8. The average molecular weight is 438 g/mol. The zero-order chi connectivity index (χ0) is 22.9. The first kappa shape index (κ1) is 22.2. The molecule has 4 rings (SSSR count). The molecule has 0 saturated heterocycles. The molecule has 4 nitrogen and oxygen atoms in total. The van der Waals surface area contributed by atoms with E-state index in [-0.39, 0.29) is 5.91 Å². The van der Waals surface area contributed by atoms with Crippen LogP contribution in [0.25, 0.3) is 0 Å². The van der Waals surface area contributed by atoms with Crippen molar-refractivity contribution < 1.29 is 14.3 Å². The van der Waals surface area contributed by atoms with Crippen LogP contribution in [0.15, 0.2) is 109 Å². The molecule has 166 valence electrons. The van der Waals surface area contributed by atoms with Gasteiger partial charge in [-0.2, -0.15) is 0 Å². The largest absolute Gasteiger partial charge is 0.489 e. The predicted molar refractivity (Wildman–Crippen MR) is 131 cm³/mol. The van der Waals surface area contributed by atoms with Crippen LogP contribution in [0, 0.1) is 0 Å². The van der Waals surface area contributed by atoms with Gasteiger partial charge in [0, 0.05) is 18.7 Å². The molecule has 0 radical (unpaired) electrons. The molecule has 0 atom stereocenters. The van der Waals surface area contributed by atoms with Crippen molar-refractivity contribution in [2.45, 2.75) is 26.7 Å². The SMILES string of the molecule is CC(=O)N(Cc1ccc(OCc2ccccc2)cc1)c1cccc(OCc2ccccc2)c1. The number of rotatable bonds is 9. The molecule has 0 aromatic heterocycles. The summed E-state index contributed by atoms with van der Waals surface area (Å²) in [4.78, 5) is 14.2. The fraction of sp³-hybridized carbons (Fsp3) is 0.138. The molecule has 4 aromatic rings. The molecule has 4 heteroatoms. The van der Waals surface area contributed by atoms with Gasteiger partial charge in [0.2, 0.25) is 5.91 Å². The maximum Gasteiger partial charge on any atom is 0.224 e. The number of amides is 1. The van der Waals surface area contributed by atoms with Gasteiger partial charge in [0.15, 0.2) is 0 Å². The van der Waals surface area contributed by atoms with E-state index < -0.39 is 0 Å². The van der Waals surface area contributed by atoms with E-state index in [2.05, 4.69) is 0 Å². The third-order valence-corrected chi connectivity index (χ3v) is 5.27. The van der Waals surface area contributed by atoms with Crippen molar-refractivity contribution in [3.63, 3.8) is 0 Å². The molecule has 0 unspecified atom stereocenters. The lowest BCUT2D eigenvalue weighted by molar-refractivity contribution is -0.116. The number of anilines is 1. The molecular formula is C29H27NO3. The van der Waals surface area contributed by atoms with Crippen LogP contribution in [-0.2, 0) is 24.6 Å². The predicted octanol–water partition coefficient (Wildman–Crippen LogP) is 6.40. The highest BCUT2D eigenvalue weighted by Crippen LogP contribution is 2.25. The van der Waals surface area contributed by atoms with Crippen LogP contribution < -0.4 is 14.4 Å². The van der Waals surface area contributed by atoms with Gasteiger partial charge in [-0.05, 0) is 41.0 Å². The van der Waals surface area contributed by atoms with Crippen LogP contribution in [0.2, 0.25) is 0 Å². The van der Waals surface area contributed by atoms with Crippen molar-refractivity contribution >= 4 is 11.6 Å². The Morgan fingerprint density at radius 3 is 1.79 bits per heavy atom. The Bertz CT molecular complexity index is 1160. The number of ether oxygens (including phenoxy) is 2. The van der Waals surface area contributed by atoms with Crippen molar-refractivity contribution in [3.05, 3.63) is 126 Å². The van der Waals surface area contributed by atoms with Gasteiger partial charge < -0.3 is 14.4 Å². The second-order valence-corrected chi connectivity index (χ2v) is 7.80. The van der Waals surface area contributed by atoms with E-state index >= 15 is 0 Å². The maximum atomic E-state index is 12.4. The van der Waals surface area contributed by atoms with Crippen LogP contribution >= 0.6 is 0 Å². The summed E-state index contributed by atoms with van der Waals surface area (Å²) in [6.07, 6.45) is 0. The summed E-state index contributed by atoms with van der Waals surface area (Å²) in [5.41, 5.74) is 4.05. The average Bonchev–Trinajstić information content (AvgIpc) is 2.87. The first-order chi connectivity index (χ1) is 16.2. The lowest BCUT2D eigenvalue weighted by Crippen LogP contribution is -2.27. The van der Waals surface area contributed by atoms with Gasteiger partial charge in [0.1, 0.15) is 24.7 Å². The van der Waals surface area contributed by atoms with Crippen LogP contribution in [0.4, 0.5) is 5.69 Å². The molecule has 0 heterocycles. The zero-order valence-electron chi connectivity index (χ0n) is 18.7. The van der Waals surface area contributed by atoms with Crippen molar-refractivity contribution in [3.8, 4) is 11.5 Å². The van der Waals surface area contributed by atoms with E-state index in [0.717, 1.165) is 33.9 Å². The minimum atomic E-state index is -0.0281. The Morgan fingerprint density at radius 1 is 0.636 bits per heavy atom. The fourth-order valence-corrected chi connectivity index (χ4v) is 3.48. The second kappa shape index (κ2) is 11.0. The van der Waals surface area contributed by atoms with Crippen molar-refractivity contribution in [2.75, 3.05) is 4.90 Å². The monoisotopic (exact) mass is 437 g/mol. The molecule has 0 fully saturated rings. The van der Waals surface area contributed by atoms with Gasteiger partial charge in [-0.1, -0.05) is 78.9 Å². The Kier molecular flexibility index (Phi) is 7.39. The molecule has 1 amide bonds. The minimum absolute atomic E-state index is 0.0281. The molecule has 4 aromatic carbocycles. The second-order valence-electron chi connectivity index (χ2n) is 7.80. The number of hydrogen-bond acceptors (Lipinski definition) is 3. The highest BCUT2D eigenvalue weighted by Gasteiger charge is 2.13. The summed E-state index contributed by atoms with van der Waals surface area (Å²) in [7, 11) is 0. The van der Waals surface area contributed by atoms with Crippen molar-refractivity contribution in [1.29, 1.82) is 0 Å². The Hall–Kier alpha value is -4.05.